The number of rotatable bonds is 14. The average Bonchev–Trinajstić information content (AvgIpc) is 2.90. The molecule has 2 atom stereocenters. The van der Waals surface area contributed by atoms with Crippen molar-refractivity contribution in [1.29, 1.82) is 0 Å². The fraction of sp³-hybridized carbons (Fsp3) is 0.360. The third-order valence-electron chi connectivity index (χ3n) is 5.55. The number of amides is 2. The summed E-state index contributed by atoms with van der Waals surface area (Å²) in [6.45, 7) is 0.125. The highest BCUT2D eigenvalue weighted by atomic mass is 19.1. The van der Waals surface area contributed by atoms with Crippen LogP contribution >= 0.6 is 0 Å². The fourth-order valence-corrected chi connectivity index (χ4v) is 3.56. The zero-order valence-electron chi connectivity index (χ0n) is 21.3. The molecular weight excluding hydrogens is 515 g/mol. The van der Waals surface area contributed by atoms with Crippen molar-refractivity contribution < 1.29 is 33.6 Å². The molecule has 6 N–H and O–H groups in total. The van der Waals surface area contributed by atoms with Crippen LogP contribution in [0.5, 0.6) is 5.75 Å². The number of nitrogens with zero attached hydrogens (tertiary/aromatic N) is 2. The number of benzene rings is 2. The summed E-state index contributed by atoms with van der Waals surface area (Å²) in [5.74, 6) is -2.58. The quantitative estimate of drug-likeness (QED) is 0.0566. The fourth-order valence-electron chi connectivity index (χ4n) is 3.56. The van der Waals surface area contributed by atoms with Crippen LogP contribution in [0.15, 0.2) is 53.6 Å². The predicted octanol–water partition coefficient (Wildman–Crippen LogP) is 0.725. The Kier molecular flexibility index (Phi) is 12.1. The predicted molar refractivity (Wildman–Crippen MR) is 138 cm³/mol. The second kappa shape index (κ2) is 15.5. The van der Waals surface area contributed by atoms with Crippen molar-refractivity contribution in [2.45, 2.75) is 44.2 Å². The molecule has 14 heteroatoms. The van der Waals surface area contributed by atoms with E-state index in [1.807, 2.05) is 0 Å². The van der Waals surface area contributed by atoms with Crippen molar-refractivity contribution in [1.82, 2.24) is 16.0 Å². The minimum Gasteiger partial charge on any atom is -0.508 e. The Morgan fingerprint density at radius 3 is 2.33 bits per heavy atom. The number of aryl methyl sites for hydroxylation is 1. The Hall–Kier alpha value is -4.75. The van der Waals surface area contributed by atoms with Crippen molar-refractivity contribution >= 4 is 23.7 Å². The van der Waals surface area contributed by atoms with Gasteiger partial charge in [0.1, 0.15) is 28.8 Å². The maximum absolute atomic E-state index is 13.4. The summed E-state index contributed by atoms with van der Waals surface area (Å²) in [4.78, 5) is 48.5. The van der Waals surface area contributed by atoms with Crippen LogP contribution in [0, 0.1) is 15.9 Å². The molecule has 0 bridgehead atoms. The third kappa shape index (κ3) is 11.5. The molecule has 0 aromatic heterocycles. The number of hydrogen-bond acceptors (Lipinski definition) is 7. The van der Waals surface area contributed by atoms with Gasteiger partial charge in [-0.2, -0.15) is 0 Å². The van der Waals surface area contributed by atoms with E-state index in [9.17, 15) is 34.0 Å². The minimum absolute atomic E-state index is 0.0282. The van der Waals surface area contributed by atoms with E-state index in [2.05, 4.69) is 21.1 Å². The number of nitro groups is 1. The van der Waals surface area contributed by atoms with Crippen LogP contribution in [-0.4, -0.2) is 59.6 Å². The molecule has 0 spiro atoms. The van der Waals surface area contributed by atoms with Crippen LogP contribution in [0.4, 0.5) is 4.39 Å². The van der Waals surface area contributed by atoms with E-state index < -0.39 is 46.7 Å². The van der Waals surface area contributed by atoms with Crippen molar-refractivity contribution in [2.75, 3.05) is 13.7 Å². The lowest BCUT2D eigenvalue weighted by atomic mass is 10.0. The van der Waals surface area contributed by atoms with Gasteiger partial charge in [0.05, 0.1) is 7.11 Å². The highest BCUT2D eigenvalue weighted by Gasteiger charge is 2.27. The number of methoxy groups -OCH3 is 1. The number of carbonyl (C=O) groups excluding carboxylic acids is 3. The van der Waals surface area contributed by atoms with Gasteiger partial charge >= 0.3 is 5.97 Å². The van der Waals surface area contributed by atoms with Crippen LogP contribution in [0.2, 0.25) is 0 Å². The summed E-state index contributed by atoms with van der Waals surface area (Å²) >= 11 is 0. The Morgan fingerprint density at radius 2 is 1.72 bits per heavy atom. The molecule has 13 nitrogen and oxygen atoms in total. The van der Waals surface area contributed by atoms with Crippen molar-refractivity contribution in [3.05, 3.63) is 75.6 Å². The van der Waals surface area contributed by atoms with E-state index in [1.54, 1.807) is 12.1 Å². The largest absolute Gasteiger partial charge is 0.508 e. The Balaban J connectivity index is 2.06. The third-order valence-corrected chi connectivity index (χ3v) is 5.55. The van der Waals surface area contributed by atoms with E-state index in [-0.39, 0.29) is 38.0 Å². The van der Waals surface area contributed by atoms with E-state index in [1.165, 1.54) is 36.4 Å². The number of hydrogen-bond donors (Lipinski definition) is 5. The van der Waals surface area contributed by atoms with Gasteiger partial charge < -0.3 is 31.5 Å². The first-order valence-corrected chi connectivity index (χ1v) is 12.0. The molecular formula is C25H31FN6O7. The number of phenols is 1. The zero-order valence-corrected chi connectivity index (χ0v) is 21.3. The van der Waals surface area contributed by atoms with Crippen molar-refractivity contribution in [3.63, 3.8) is 0 Å². The summed E-state index contributed by atoms with van der Waals surface area (Å²) < 4.78 is 18.1. The van der Waals surface area contributed by atoms with Gasteiger partial charge in [0.25, 0.3) is 5.96 Å². The van der Waals surface area contributed by atoms with Gasteiger partial charge in [0, 0.05) is 19.4 Å². The molecule has 0 fully saturated rings. The molecule has 2 rings (SSSR count). The standard InChI is InChI=1S/C25H31FN6O7/c1-39-24(36)20(3-2-14-28-25(27)31-32(37)38)30-23(35)21(15-17-4-9-18(26)10-5-17)29-22(34)13-8-16-6-11-19(33)12-7-16/h4-7,9-12,20-21,33H,2-3,8,13-15H2,1H3,(H,29,34)(H,30,35)(H3,27,28,31)/t20-,21+/m0/s1. The molecule has 0 aliphatic carbocycles. The molecule has 2 aromatic carbocycles. The average molecular weight is 547 g/mol. The first-order chi connectivity index (χ1) is 18.6. The first-order valence-electron chi connectivity index (χ1n) is 12.0. The molecule has 210 valence electrons. The Bertz CT molecular complexity index is 1160. The molecule has 0 heterocycles. The number of ether oxygens (including phenoxy) is 1. The number of esters is 1. The second-order valence-corrected chi connectivity index (χ2v) is 8.49. The van der Waals surface area contributed by atoms with Gasteiger partial charge in [0.2, 0.25) is 11.8 Å². The van der Waals surface area contributed by atoms with Crippen LogP contribution < -0.4 is 21.7 Å². The number of hydrazone groups is 1. The molecule has 2 aromatic rings. The van der Waals surface area contributed by atoms with Gasteiger partial charge in [-0.15, -0.1) is 0 Å². The molecule has 39 heavy (non-hydrogen) atoms. The summed E-state index contributed by atoms with van der Waals surface area (Å²) in [6.07, 6.45) is 0.792. The summed E-state index contributed by atoms with van der Waals surface area (Å²) in [7, 11) is 1.16. The first kappa shape index (κ1) is 30.5. The Labute approximate surface area is 223 Å². The molecule has 0 saturated heterocycles. The highest BCUT2D eigenvalue weighted by molar-refractivity contribution is 5.91. The number of guanidine groups is 1. The van der Waals surface area contributed by atoms with Gasteiger partial charge in [-0.1, -0.05) is 24.3 Å². The van der Waals surface area contributed by atoms with Crippen LogP contribution in [0.3, 0.4) is 0 Å². The van der Waals surface area contributed by atoms with Gasteiger partial charge in [-0.3, -0.25) is 9.59 Å². The maximum Gasteiger partial charge on any atom is 0.328 e. The van der Waals surface area contributed by atoms with E-state index >= 15 is 0 Å². The van der Waals surface area contributed by atoms with Gasteiger partial charge in [-0.05, 0) is 54.7 Å². The van der Waals surface area contributed by atoms with Crippen molar-refractivity contribution in [2.24, 2.45) is 10.8 Å². The second-order valence-electron chi connectivity index (χ2n) is 8.49. The van der Waals surface area contributed by atoms with Crippen LogP contribution in [-0.2, 0) is 32.0 Å². The molecule has 0 aliphatic rings. The maximum atomic E-state index is 13.4. The lowest BCUT2D eigenvalue weighted by molar-refractivity contribution is -0.485. The number of aromatic hydroxyl groups is 1. The van der Waals surface area contributed by atoms with E-state index in [0.29, 0.717) is 12.0 Å². The lowest BCUT2D eigenvalue weighted by Gasteiger charge is -2.22. The molecule has 2 amide bonds. The number of phenolic OH excluding ortho intramolecular Hbond substituents is 1. The van der Waals surface area contributed by atoms with Gasteiger partial charge in [0.15, 0.2) is 5.03 Å². The molecule has 0 aliphatic heterocycles. The van der Waals surface area contributed by atoms with E-state index in [4.69, 9.17) is 10.5 Å². The smallest absolute Gasteiger partial charge is 0.328 e. The van der Waals surface area contributed by atoms with Crippen LogP contribution in [0.25, 0.3) is 0 Å². The monoisotopic (exact) mass is 546 g/mol. The molecule has 0 radical (unpaired) electrons. The highest BCUT2D eigenvalue weighted by Crippen LogP contribution is 2.12. The zero-order chi connectivity index (χ0) is 28.8. The summed E-state index contributed by atoms with van der Waals surface area (Å²) in [5.41, 5.74) is 6.75. The van der Waals surface area contributed by atoms with E-state index in [0.717, 1.165) is 12.7 Å². The van der Waals surface area contributed by atoms with Crippen molar-refractivity contribution in [3.8, 4) is 5.75 Å². The number of nitrogens with one attached hydrogen (secondary N) is 3. The topological polar surface area (TPSA) is 198 Å². The number of nitrogens with two attached hydrogens (primary N) is 1. The SMILES string of the molecule is COC(=O)[C@H](CCCN/C(N)=N/[N+](=O)[O-])NC(=O)[C@@H](Cc1ccc(F)cc1)NC(=O)CCc1ccc(O)cc1. The summed E-state index contributed by atoms with van der Waals surface area (Å²) in [6, 6.07) is 9.63. The van der Waals surface area contributed by atoms with Gasteiger partial charge in [-0.25, -0.2) is 19.3 Å². The number of halogens is 1. The minimum atomic E-state index is -1.09. The summed E-state index contributed by atoms with van der Waals surface area (Å²) in [5, 5.41) is 29.5. The molecule has 0 unspecified atom stereocenters. The Morgan fingerprint density at radius 1 is 1.08 bits per heavy atom. The normalized spacial score (nSPS) is 12.6. The van der Waals surface area contributed by atoms with Crippen LogP contribution in [0.1, 0.15) is 30.4 Å². The lowest BCUT2D eigenvalue weighted by Crippen LogP contribution is -2.52. The molecule has 0 saturated carbocycles. The number of carbonyl (C=O) groups is 3.